The molecule has 1 amide bonds. The Bertz CT molecular complexity index is 891. The van der Waals surface area contributed by atoms with E-state index in [4.69, 9.17) is 4.74 Å². The van der Waals surface area contributed by atoms with Gasteiger partial charge in [0.1, 0.15) is 0 Å². The summed E-state index contributed by atoms with van der Waals surface area (Å²) in [6.45, 7) is 3.34. The number of hydrogen-bond donors (Lipinski definition) is 2. The molecule has 1 saturated heterocycles. The summed E-state index contributed by atoms with van der Waals surface area (Å²) in [6.07, 6.45) is 3.61. The van der Waals surface area contributed by atoms with Gasteiger partial charge in [0.25, 0.3) is 0 Å². The monoisotopic (exact) mass is 395 g/mol. The van der Waals surface area contributed by atoms with Crippen molar-refractivity contribution in [3.8, 4) is 11.1 Å². The molecule has 0 spiro atoms. The Morgan fingerprint density at radius 3 is 2.43 bits per heavy atom. The maximum absolute atomic E-state index is 12.2. The number of benzene rings is 1. The zero-order valence-electron chi connectivity index (χ0n) is 15.3. The van der Waals surface area contributed by atoms with Gasteiger partial charge in [0.05, 0.1) is 19.8 Å². The van der Waals surface area contributed by atoms with Crippen LogP contribution in [0.2, 0.25) is 0 Å². The Kier molecular flexibility index (Phi) is 5.91. The number of aromatic nitrogens is 2. The number of rotatable bonds is 6. The maximum Gasteiger partial charge on any atom is 0.238 e. The predicted octanol–water partition coefficient (Wildman–Crippen LogP) is 3.22. The first-order chi connectivity index (χ1) is 13.8. The molecule has 0 bridgehead atoms. The summed E-state index contributed by atoms with van der Waals surface area (Å²) in [5.41, 5.74) is 3.73. The van der Waals surface area contributed by atoms with E-state index in [1.165, 1.54) is 0 Å². The molecule has 1 aromatic carbocycles. The fourth-order valence-electron chi connectivity index (χ4n) is 2.90. The lowest BCUT2D eigenvalue weighted by Crippen LogP contribution is -2.41. The summed E-state index contributed by atoms with van der Waals surface area (Å²) in [7, 11) is 0. The molecule has 1 fully saturated rings. The molecular formula is C20H21N5O2S. The second-order valence-corrected chi connectivity index (χ2v) is 7.23. The van der Waals surface area contributed by atoms with E-state index in [2.05, 4.69) is 30.9 Å². The van der Waals surface area contributed by atoms with Gasteiger partial charge in [-0.3, -0.25) is 9.69 Å². The second-order valence-electron chi connectivity index (χ2n) is 6.45. The van der Waals surface area contributed by atoms with Crippen LogP contribution in [-0.2, 0) is 9.53 Å². The first kappa shape index (κ1) is 18.5. The number of nitrogens with zero attached hydrogens (tertiary/aromatic N) is 3. The maximum atomic E-state index is 12.2. The number of carbonyl (C=O) groups is 1. The van der Waals surface area contributed by atoms with E-state index in [9.17, 15) is 4.79 Å². The van der Waals surface area contributed by atoms with E-state index in [0.29, 0.717) is 25.7 Å². The number of anilines is 3. The Balaban J connectivity index is 1.31. The average Bonchev–Trinajstić information content (AvgIpc) is 3.26. The highest BCUT2D eigenvalue weighted by atomic mass is 32.1. The van der Waals surface area contributed by atoms with Crippen LogP contribution in [0.25, 0.3) is 11.1 Å². The number of hydrogen-bond acceptors (Lipinski definition) is 7. The van der Waals surface area contributed by atoms with Crippen molar-refractivity contribution in [2.45, 2.75) is 0 Å². The molecule has 2 aromatic heterocycles. The van der Waals surface area contributed by atoms with E-state index in [1.807, 2.05) is 35.7 Å². The van der Waals surface area contributed by atoms with Crippen molar-refractivity contribution in [2.24, 2.45) is 0 Å². The van der Waals surface area contributed by atoms with Crippen molar-refractivity contribution < 1.29 is 9.53 Å². The van der Waals surface area contributed by atoms with Gasteiger partial charge in [0.2, 0.25) is 11.9 Å². The third kappa shape index (κ3) is 4.92. The van der Waals surface area contributed by atoms with E-state index < -0.39 is 0 Å². The summed E-state index contributed by atoms with van der Waals surface area (Å²) >= 11 is 1.65. The van der Waals surface area contributed by atoms with Crippen LogP contribution in [0.3, 0.4) is 0 Å². The molecule has 0 saturated carbocycles. The summed E-state index contributed by atoms with van der Waals surface area (Å²) in [5, 5.41) is 10.2. The molecule has 8 heteroatoms. The van der Waals surface area contributed by atoms with Gasteiger partial charge in [-0.1, -0.05) is 0 Å². The zero-order chi connectivity index (χ0) is 19.2. The second kappa shape index (κ2) is 8.92. The van der Waals surface area contributed by atoms with Crippen LogP contribution >= 0.6 is 11.3 Å². The highest BCUT2D eigenvalue weighted by Crippen LogP contribution is 2.22. The topological polar surface area (TPSA) is 79.4 Å². The predicted molar refractivity (Wildman–Crippen MR) is 111 cm³/mol. The summed E-state index contributed by atoms with van der Waals surface area (Å²) in [5.74, 6) is 0.512. The molecule has 0 unspecified atom stereocenters. The highest BCUT2D eigenvalue weighted by Gasteiger charge is 2.14. The number of thiophene rings is 1. The van der Waals surface area contributed by atoms with Gasteiger partial charge in [-0.15, -0.1) is 0 Å². The summed E-state index contributed by atoms with van der Waals surface area (Å²) in [4.78, 5) is 23.0. The molecule has 3 heterocycles. The SMILES string of the molecule is O=C(CN1CCOCC1)Nc1ccc(Nc2ncc(-c3ccsc3)cn2)cc1. The van der Waals surface area contributed by atoms with Gasteiger partial charge in [0, 0.05) is 42.4 Å². The van der Waals surface area contributed by atoms with Gasteiger partial charge in [-0.05, 0) is 46.7 Å². The minimum absolute atomic E-state index is 0.0186. The van der Waals surface area contributed by atoms with Crippen molar-refractivity contribution in [1.29, 1.82) is 0 Å². The van der Waals surface area contributed by atoms with Gasteiger partial charge in [-0.2, -0.15) is 11.3 Å². The molecule has 28 heavy (non-hydrogen) atoms. The third-order valence-electron chi connectivity index (χ3n) is 4.40. The number of ether oxygens (including phenoxy) is 1. The molecule has 144 valence electrons. The molecule has 0 radical (unpaired) electrons. The van der Waals surface area contributed by atoms with Crippen LogP contribution in [0.1, 0.15) is 0 Å². The number of amides is 1. The van der Waals surface area contributed by atoms with Gasteiger partial charge in [-0.25, -0.2) is 9.97 Å². The third-order valence-corrected chi connectivity index (χ3v) is 5.09. The standard InChI is InChI=1S/C20H21N5O2S/c26-19(13-25-6-8-27-9-7-25)23-17-1-3-18(4-2-17)24-20-21-11-16(12-22-20)15-5-10-28-14-15/h1-5,10-12,14H,6-9,13H2,(H,23,26)(H,21,22,24). The number of nitrogens with one attached hydrogen (secondary N) is 2. The van der Waals surface area contributed by atoms with Crippen LogP contribution in [-0.4, -0.2) is 53.6 Å². The van der Waals surface area contributed by atoms with E-state index in [-0.39, 0.29) is 5.91 Å². The first-order valence-electron chi connectivity index (χ1n) is 9.08. The number of carbonyl (C=O) groups excluding carboxylic acids is 1. The lowest BCUT2D eigenvalue weighted by atomic mass is 10.2. The van der Waals surface area contributed by atoms with Crippen molar-refractivity contribution in [2.75, 3.05) is 43.5 Å². The van der Waals surface area contributed by atoms with Crippen molar-refractivity contribution in [3.05, 3.63) is 53.5 Å². The van der Waals surface area contributed by atoms with E-state index >= 15 is 0 Å². The summed E-state index contributed by atoms with van der Waals surface area (Å²) in [6, 6.07) is 9.54. The van der Waals surface area contributed by atoms with Gasteiger partial charge in [0.15, 0.2) is 0 Å². The quantitative estimate of drug-likeness (QED) is 0.667. The first-order valence-corrected chi connectivity index (χ1v) is 10.0. The molecule has 0 atom stereocenters. The molecule has 0 aliphatic carbocycles. The average molecular weight is 395 g/mol. The van der Waals surface area contributed by atoms with Crippen LogP contribution in [0, 0.1) is 0 Å². The Morgan fingerprint density at radius 1 is 1.04 bits per heavy atom. The van der Waals surface area contributed by atoms with E-state index in [1.54, 1.807) is 23.7 Å². The fraction of sp³-hybridized carbons (Fsp3) is 0.250. The highest BCUT2D eigenvalue weighted by molar-refractivity contribution is 7.08. The number of morpholine rings is 1. The van der Waals surface area contributed by atoms with Gasteiger partial charge >= 0.3 is 0 Å². The molecule has 7 nitrogen and oxygen atoms in total. The van der Waals surface area contributed by atoms with Crippen LogP contribution in [0.4, 0.5) is 17.3 Å². The minimum Gasteiger partial charge on any atom is -0.379 e. The zero-order valence-corrected chi connectivity index (χ0v) is 16.1. The smallest absolute Gasteiger partial charge is 0.238 e. The molecule has 1 aliphatic rings. The normalized spacial score (nSPS) is 14.6. The minimum atomic E-state index is -0.0186. The van der Waals surface area contributed by atoms with Crippen molar-refractivity contribution in [3.63, 3.8) is 0 Å². The molecule has 2 N–H and O–H groups in total. The van der Waals surface area contributed by atoms with Crippen LogP contribution in [0.15, 0.2) is 53.5 Å². The van der Waals surface area contributed by atoms with Crippen molar-refractivity contribution >= 4 is 34.6 Å². The molecule has 3 aromatic rings. The fourth-order valence-corrected chi connectivity index (χ4v) is 3.56. The molecule has 4 rings (SSSR count). The molecule has 1 aliphatic heterocycles. The Labute approximate surface area is 167 Å². The Hall–Kier alpha value is -2.81. The van der Waals surface area contributed by atoms with Crippen LogP contribution < -0.4 is 10.6 Å². The largest absolute Gasteiger partial charge is 0.379 e. The summed E-state index contributed by atoms with van der Waals surface area (Å²) < 4.78 is 5.30. The lowest BCUT2D eigenvalue weighted by molar-refractivity contribution is -0.118. The van der Waals surface area contributed by atoms with Gasteiger partial charge < -0.3 is 15.4 Å². The molecular weight excluding hydrogens is 374 g/mol. The van der Waals surface area contributed by atoms with E-state index in [0.717, 1.165) is 35.6 Å². The lowest BCUT2D eigenvalue weighted by Gasteiger charge is -2.25. The van der Waals surface area contributed by atoms with Crippen LogP contribution in [0.5, 0.6) is 0 Å². The Morgan fingerprint density at radius 2 is 1.75 bits per heavy atom. The van der Waals surface area contributed by atoms with Crippen molar-refractivity contribution in [1.82, 2.24) is 14.9 Å².